The summed E-state index contributed by atoms with van der Waals surface area (Å²) in [5, 5.41) is 6.96. The minimum atomic E-state index is 0.839. The fourth-order valence-electron chi connectivity index (χ4n) is 2.25. The molecule has 1 heterocycles. The lowest BCUT2D eigenvalue weighted by molar-refractivity contribution is 0.390. The van der Waals surface area contributed by atoms with Crippen molar-refractivity contribution < 1.29 is 0 Å². The van der Waals surface area contributed by atoms with Gasteiger partial charge in [0.25, 0.3) is 0 Å². The van der Waals surface area contributed by atoms with Crippen LogP contribution in [-0.2, 0) is 6.42 Å². The lowest BCUT2D eigenvalue weighted by Gasteiger charge is -2.23. The van der Waals surface area contributed by atoms with Crippen LogP contribution >= 0.6 is 0 Å². The molecule has 1 aliphatic heterocycles. The lowest BCUT2D eigenvalue weighted by Crippen LogP contribution is -2.31. The molecule has 1 aliphatic rings. The van der Waals surface area contributed by atoms with Gasteiger partial charge in [0.2, 0.25) is 0 Å². The Kier molecular flexibility index (Phi) is 4.23. The van der Waals surface area contributed by atoms with Crippen molar-refractivity contribution in [3.05, 3.63) is 29.8 Å². The molecule has 0 radical (unpaired) electrons. The average Bonchev–Trinajstić information content (AvgIpc) is 2.38. The summed E-state index contributed by atoms with van der Waals surface area (Å²) in [7, 11) is 0. The summed E-state index contributed by atoms with van der Waals surface area (Å²) in [5.41, 5.74) is 2.69. The van der Waals surface area contributed by atoms with E-state index in [2.05, 4.69) is 41.8 Å². The van der Waals surface area contributed by atoms with Gasteiger partial charge in [0.05, 0.1) is 0 Å². The van der Waals surface area contributed by atoms with Gasteiger partial charge >= 0.3 is 0 Å². The average molecular weight is 218 g/mol. The number of aryl methyl sites for hydroxylation is 1. The topological polar surface area (TPSA) is 24.1 Å². The van der Waals surface area contributed by atoms with E-state index < -0.39 is 0 Å². The number of piperidine rings is 1. The van der Waals surface area contributed by atoms with Crippen LogP contribution in [0.1, 0.15) is 25.3 Å². The molecule has 1 saturated heterocycles. The van der Waals surface area contributed by atoms with Crippen molar-refractivity contribution in [3.8, 4) is 0 Å². The van der Waals surface area contributed by atoms with Crippen molar-refractivity contribution in [1.29, 1.82) is 0 Å². The van der Waals surface area contributed by atoms with Gasteiger partial charge in [-0.2, -0.15) is 0 Å². The summed E-state index contributed by atoms with van der Waals surface area (Å²) in [6, 6.07) is 8.76. The van der Waals surface area contributed by atoms with E-state index in [0.29, 0.717) is 0 Å². The Hall–Kier alpha value is -1.02. The van der Waals surface area contributed by atoms with E-state index in [-0.39, 0.29) is 0 Å². The van der Waals surface area contributed by atoms with Crippen molar-refractivity contribution >= 4 is 5.69 Å². The molecule has 0 unspecified atom stereocenters. The highest BCUT2D eigenvalue weighted by molar-refractivity contribution is 5.45. The van der Waals surface area contributed by atoms with Crippen LogP contribution in [0.2, 0.25) is 0 Å². The van der Waals surface area contributed by atoms with Crippen LogP contribution in [0.4, 0.5) is 5.69 Å². The smallest absolute Gasteiger partial charge is 0.0342 e. The Morgan fingerprint density at radius 3 is 2.88 bits per heavy atom. The molecule has 1 aromatic rings. The minimum Gasteiger partial charge on any atom is -0.385 e. The summed E-state index contributed by atoms with van der Waals surface area (Å²) in [4.78, 5) is 0. The SMILES string of the molecule is CCc1cccc(NCC2CCNCC2)c1. The molecule has 0 spiro atoms. The lowest BCUT2D eigenvalue weighted by atomic mass is 9.98. The molecular weight excluding hydrogens is 196 g/mol. The standard InChI is InChI=1S/C14H22N2/c1-2-12-4-3-5-14(10-12)16-11-13-6-8-15-9-7-13/h3-5,10,13,15-16H,2,6-9,11H2,1H3. The molecule has 1 aromatic carbocycles. The zero-order chi connectivity index (χ0) is 11.2. The maximum Gasteiger partial charge on any atom is 0.0342 e. The van der Waals surface area contributed by atoms with E-state index in [0.717, 1.165) is 18.9 Å². The third kappa shape index (κ3) is 3.24. The molecule has 16 heavy (non-hydrogen) atoms. The molecule has 0 bridgehead atoms. The summed E-state index contributed by atoms with van der Waals surface area (Å²) in [6.07, 6.45) is 3.73. The fourth-order valence-corrected chi connectivity index (χ4v) is 2.25. The number of rotatable bonds is 4. The molecule has 2 nitrogen and oxygen atoms in total. The van der Waals surface area contributed by atoms with Gasteiger partial charge in [-0.15, -0.1) is 0 Å². The van der Waals surface area contributed by atoms with Gasteiger partial charge in [-0.05, 0) is 56.0 Å². The Balaban J connectivity index is 1.83. The minimum absolute atomic E-state index is 0.839. The van der Waals surface area contributed by atoms with Gasteiger partial charge in [-0.25, -0.2) is 0 Å². The molecule has 0 aromatic heterocycles. The van der Waals surface area contributed by atoms with Crippen LogP contribution in [0.15, 0.2) is 24.3 Å². The quantitative estimate of drug-likeness (QED) is 0.812. The highest BCUT2D eigenvalue weighted by Crippen LogP contribution is 2.15. The largest absolute Gasteiger partial charge is 0.385 e. The Morgan fingerprint density at radius 2 is 2.12 bits per heavy atom. The molecule has 2 rings (SSSR count). The Labute approximate surface area is 98.4 Å². The van der Waals surface area contributed by atoms with E-state index in [9.17, 15) is 0 Å². The highest BCUT2D eigenvalue weighted by atomic mass is 14.9. The molecule has 0 saturated carbocycles. The zero-order valence-electron chi connectivity index (χ0n) is 10.1. The maximum atomic E-state index is 3.56. The van der Waals surface area contributed by atoms with E-state index in [1.54, 1.807) is 0 Å². The molecule has 0 aliphatic carbocycles. The van der Waals surface area contributed by atoms with E-state index in [4.69, 9.17) is 0 Å². The molecule has 1 fully saturated rings. The monoisotopic (exact) mass is 218 g/mol. The number of nitrogens with one attached hydrogen (secondary N) is 2. The van der Waals surface area contributed by atoms with E-state index >= 15 is 0 Å². The first-order chi connectivity index (χ1) is 7.88. The summed E-state index contributed by atoms with van der Waals surface area (Å²) in [6.45, 7) is 5.68. The van der Waals surface area contributed by atoms with Crippen molar-refractivity contribution in [2.75, 3.05) is 25.0 Å². The second-order valence-corrected chi connectivity index (χ2v) is 4.63. The summed E-state index contributed by atoms with van der Waals surface area (Å²) in [5.74, 6) is 0.839. The molecule has 0 atom stereocenters. The summed E-state index contributed by atoms with van der Waals surface area (Å²) >= 11 is 0. The normalized spacial score (nSPS) is 17.3. The van der Waals surface area contributed by atoms with Crippen LogP contribution in [-0.4, -0.2) is 19.6 Å². The van der Waals surface area contributed by atoms with Crippen molar-refractivity contribution in [3.63, 3.8) is 0 Å². The first-order valence-corrected chi connectivity index (χ1v) is 6.42. The molecule has 2 N–H and O–H groups in total. The fraction of sp³-hybridized carbons (Fsp3) is 0.571. The molecule has 2 heteroatoms. The number of hydrogen-bond acceptors (Lipinski definition) is 2. The van der Waals surface area contributed by atoms with Gasteiger partial charge in [-0.1, -0.05) is 19.1 Å². The highest BCUT2D eigenvalue weighted by Gasteiger charge is 2.12. The third-order valence-corrected chi connectivity index (χ3v) is 3.39. The second-order valence-electron chi connectivity index (χ2n) is 4.63. The number of hydrogen-bond donors (Lipinski definition) is 2. The number of benzene rings is 1. The van der Waals surface area contributed by atoms with Gasteiger partial charge in [-0.3, -0.25) is 0 Å². The van der Waals surface area contributed by atoms with E-state index in [1.807, 2.05) is 0 Å². The molecule has 88 valence electrons. The van der Waals surface area contributed by atoms with Crippen molar-refractivity contribution in [2.24, 2.45) is 5.92 Å². The maximum absolute atomic E-state index is 3.56. The van der Waals surface area contributed by atoms with Crippen LogP contribution in [0.5, 0.6) is 0 Å². The molecular formula is C14H22N2. The predicted octanol–water partition coefficient (Wildman–Crippen LogP) is 2.66. The van der Waals surface area contributed by atoms with Gasteiger partial charge in [0.15, 0.2) is 0 Å². The summed E-state index contributed by atoms with van der Waals surface area (Å²) < 4.78 is 0. The number of anilines is 1. The third-order valence-electron chi connectivity index (χ3n) is 3.39. The van der Waals surface area contributed by atoms with Crippen molar-refractivity contribution in [1.82, 2.24) is 5.32 Å². The Bertz CT molecular complexity index is 316. The van der Waals surface area contributed by atoms with Crippen LogP contribution in [0.25, 0.3) is 0 Å². The van der Waals surface area contributed by atoms with Crippen LogP contribution in [0.3, 0.4) is 0 Å². The van der Waals surface area contributed by atoms with E-state index in [1.165, 1.54) is 37.2 Å². The zero-order valence-corrected chi connectivity index (χ0v) is 10.1. The first-order valence-electron chi connectivity index (χ1n) is 6.42. The first kappa shape index (κ1) is 11.5. The van der Waals surface area contributed by atoms with Gasteiger partial charge in [0, 0.05) is 12.2 Å². The Morgan fingerprint density at radius 1 is 1.31 bits per heavy atom. The molecule has 0 amide bonds. The predicted molar refractivity (Wildman–Crippen MR) is 69.9 cm³/mol. The van der Waals surface area contributed by atoms with Crippen LogP contribution in [0, 0.1) is 5.92 Å². The second kappa shape index (κ2) is 5.90. The van der Waals surface area contributed by atoms with Gasteiger partial charge < -0.3 is 10.6 Å². The van der Waals surface area contributed by atoms with Crippen LogP contribution < -0.4 is 10.6 Å². The van der Waals surface area contributed by atoms with Gasteiger partial charge in [0.1, 0.15) is 0 Å². The van der Waals surface area contributed by atoms with Crippen molar-refractivity contribution in [2.45, 2.75) is 26.2 Å².